The Morgan fingerprint density at radius 1 is 1.35 bits per heavy atom. The van der Waals surface area contributed by atoms with Crippen molar-refractivity contribution in [2.45, 2.75) is 46.9 Å². The van der Waals surface area contributed by atoms with E-state index in [1.807, 2.05) is 62.8 Å². The minimum Gasteiger partial charge on any atom is -0.480 e. The van der Waals surface area contributed by atoms with Gasteiger partial charge in [-0.2, -0.15) is 5.10 Å². The smallest absolute Gasteiger partial charge is 0.261 e. The Morgan fingerprint density at radius 2 is 2.09 bits per heavy atom. The Hall–Kier alpha value is -2.30. The molecule has 1 heterocycles. The van der Waals surface area contributed by atoms with Gasteiger partial charge in [0, 0.05) is 24.8 Å². The monoisotopic (exact) mass is 315 g/mol. The van der Waals surface area contributed by atoms with Crippen LogP contribution in [0.15, 0.2) is 36.7 Å². The van der Waals surface area contributed by atoms with Gasteiger partial charge in [0.2, 0.25) is 0 Å². The van der Waals surface area contributed by atoms with Gasteiger partial charge in [-0.15, -0.1) is 0 Å². The first-order chi connectivity index (χ1) is 11.0. The number of rotatable bonds is 7. The highest BCUT2D eigenvalue weighted by atomic mass is 16.5. The fraction of sp³-hybridized carbons (Fsp3) is 0.444. The summed E-state index contributed by atoms with van der Waals surface area (Å²) in [5, 5.41) is 7.15. The average Bonchev–Trinajstić information content (AvgIpc) is 2.99. The van der Waals surface area contributed by atoms with E-state index in [2.05, 4.69) is 10.4 Å². The van der Waals surface area contributed by atoms with Crippen molar-refractivity contribution in [2.24, 2.45) is 5.92 Å². The van der Waals surface area contributed by atoms with Gasteiger partial charge in [-0.25, -0.2) is 0 Å². The molecule has 23 heavy (non-hydrogen) atoms. The van der Waals surface area contributed by atoms with Crippen LogP contribution in [0.5, 0.6) is 5.75 Å². The Balaban J connectivity index is 1.99. The van der Waals surface area contributed by atoms with E-state index in [1.165, 1.54) is 0 Å². The van der Waals surface area contributed by atoms with Crippen molar-refractivity contribution in [3.05, 3.63) is 47.8 Å². The van der Waals surface area contributed by atoms with E-state index in [9.17, 15) is 4.79 Å². The van der Waals surface area contributed by atoms with Gasteiger partial charge in [0.15, 0.2) is 6.10 Å². The van der Waals surface area contributed by atoms with Crippen molar-refractivity contribution in [3.8, 4) is 5.75 Å². The van der Waals surface area contributed by atoms with Gasteiger partial charge in [0.1, 0.15) is 5.75 Å². The number of ether oxygens (including phenoxy) is 1. The largest absolute Gasteiger partial charge is 0.480 e. The number of hydrogen-bond acceptors (Lipinski definition) is 3. The molecule has 1 atom stereocenters. The van der Waals surface area contributed by atoms with Crippen LogP contribution in [0.2, 0.25) is 0 Å². The molecular formula is C18H25N3O2. The Labute approximate surface area is 137 Å². The summed E-state index contributed by atoms with van der Waals surface area (Å²) >= 11 is 0. The number of carbonyl (C=O) groups is 1. The lowest BCUT2D eigenvalue weighted by Gasteiger charge is -2.22. The number of benzene rings is 1. The highest BCUT2D eigenvalue weighted by molar-refractivity contribution is 5.81. The van der Waals surface area contributed by atoms with Crippen LogP contribution in [-0.4, -0.2) is 21.8 Å². The molecule has 0 saturated carbocycles. The third kappa shape index (κ3) is 4.58. The molecule has 0 bridgehead atoms. The summed E-state index contributed by atoms with van der Waals surface area (Å²) in [6.07, 6.45) is 3.20. The number of aromatic nitrogens is 2. The third-order valence-corrected chi connectivity index (χ3v) is 3.69. The fourth-order valence-electron chi connectivity index (χ4n) is 2.28. The van der Waals surface area contributed by atoms with Crippen LogP contribution in [0, 0.1) is 12.8 Å². The number of aryl methyl sites for hydroxylation is 2. The molecule has 2 rings (SSSR count). The molecule has 1 aromatic carbocycles. The number of nitrogens with zero attached hydrogens (tertiary/aromatic N) is 2. The van der Waals surface area contributed by atoms with E-state index in [-0.39, 0.29) is 11.8 Å². The first-order valence-corrected chi connectivity index (χ1v) is 8.02. The van der Waals surface area contributed by atoms with E-state index in [0.717, 1.165) is 23.4 Å². The lowest BCUT2D eigenvalue weighted by molar-refractivity contribution is -0.130. The first kappa shape index (κ1) is 17.1. The molecule has 0 radical (unpaired) electrons. The molecule has 0 aliphatic rings. The Morgan fingerprint density at radius 3 is 2.70 bits per heavy atom. The molecule has 2 aromatic rings. The van der Waals surface area contributed by atoms with Crippen molar-refractivity contribution >= 4 is 5.91 Å². The van der Waals surface area contributed by atoms with Crippen LogP contribution in [0.25, 0.3) is 0 Å². The summed E-state index contributed by atoms with van der Waals surface area (Å²) < 4.78 is 7.79. The summed E-state index contributed by atoms with van der Waals surface area (Å²) in [7, 11) is 0. The minimum absolute atomic E-state index is 0.0768. The molecule has 5 heteroatoms. The number of para-hydroxylation sites is 1. The van der Waals surface area contributed by atoms with Crippen molar-refractivity contribution < 1.29 is 9.53 Å². The molecule has 0 fully saturated rings. The van der Waals surface area contributed by atoms with Gasteiger partial charge in [0.05, 0.1) is 6.20 Å². The standard InChI is InChI=1S/C18H25N3O2/c1-5-21-12-15(11-20-21)10-19-18(22)17(13(2)3)23-16-9-7-6-8-14(16)4/h6-9,11-13,17H,5,10H2,1-4H3,(H,19,22). The van der Waals surface area contributed by atoms with Crippen LogP contribution in [0.1, 0.15) is 31.9 Å². The predicted molar refractivity (Wildman–Crippen MR) is 90.2 cm³/mol. The van der Waals surface area contributed by atoms with Crippen molar-refractivity contribution in [1.29, 1.82) is 0 Å². The van der Waals surface area contributed by atoms with Gasteiger partial charge in [0.25, 0.3) is 5.91 Å². The Bertz CT molecular complexity index is 649. The van der Waals surface area contributed by atoms with Crippen LogP contribution < -0.4 is 10.1 Å². The van der Waals surface area contributed by atoms with Crippen molar-refractivity contribution in [3.63, 3.8) is 0 Å². The molecule has 0 spiro atoms. The van der Waals surface area contributed by atoms with Gasteiger partial charge >= 0.3 is 0 Å². The molecule has 1 unspecified atom stereocenters. The molecule has 5 nitrogen and oxygen atoms in total. The second-order valence-electron chi connectivity index (χ2n) is 5.97. The van der Waals surface area contributed by atoms with Crippen molar-refractivity contribution in [1.82, 2.24) is 15.1 Å². The lowest BCUT2D eigenvalue weighted by atomic mass is 10.1. The maximum atomic E-state index is 12.5. The summed E-state index contributed by atoms with van der Waals surface area (Å²) in [4.78, 5) is 12.5. The zero-order valence-corrected chi connectivity index (χ0v) is 14.2. The van der Waals surface area contributed by atoms with Crippen LogP contribution >= 0.6 is 0 Å². The fourth-order valence-corrected chi connectivity index (χ4v) is 2.28. The van der Waals surface area contributed by atoms with Gasteiger partial charge in [-0.3, -0.25) is 9.48 Å². The van der Waals surface area contributed by atoms with E-state index in [0.29, 0.717) is 6.54 Å². The molecular weight excluding hydrogens is 290 g/mol. The van der Waals surface area contributed by atoms with E-state index < -0.39 is 6.10 Å². The van der Waals surface area contributed by atoms with Crippen molar-refractivity contribution in [2.75, 3.05) is 0 Å². The van der Waals surface area contributed by atoms with Gasteiger partial charge in [-0.1, -0.05) is 32.0 Å². The Kier molecular flexibility index (Phi) is 5.79. The van der Waals surface area contributed by atoms with E-state index in [4.69, 9.17) is 4.74 Å². The zero-order chi connectivity index (χ0) is 16.8. The molecule has 0 aliphatic heterocycles. The van der Waals surface area contributed by atoms with Crippen LogP contribution in [-0.2, 0) is 17.9 Å². The van der Waals surface area contributed by atoms with Crippen LogP contribution in [0.4, 0.5) is 0 Å². The summed E-state index contributed by atoms with van der Waals surface area (Å²) in [6, 6.07) is 7.74. The number of hydrogen-bond donors (Lipinski definition) is 1. The number of amides is 1. The first-order valence-electron chi connectivity index (χ1n) is 8.02. The molecule has 0 saturated heterocycles. The summed E-state index contributed by atoms with van der Waals surface area (Å²) in [5.41, 5.74) is 2.01. The minimum atomic E-state index is -0.516. The lowest BCUT2D eigenvalue weighted by Crippen LogP contribution is -2.41. The zero-order valence-electron chi connectivity index (χ0n) is 14.2. The van der Waals surface area contributed by atoms with E-state index in [1.54, 1.807) is 6.20 Å². The number of carbonyl (C=O) groups excluding carboxylic acids is 1. The second kappa shape index (κ2) is 7.81. The van der Waals surface area contributed by atoms with Gasteiger partial charge < -0.3 is 10.1 Å². The maximum Gasteiger partial charge on any atom is 0.261 e. The average molecular weight is 315 g/mol. The molecule has 1 aromatic heterocycles. The molecule has 0 aliphatic carbocycles. The highest BCUT2D eigenvalue weighted by Gasteiger charge is 2.24. The number of nitrogens with one attached hydrogen (secondary N) is 1. The maximum absolute atomic E-state index is 12.5. The normalized spacial score (nSPS) is 12.2. The highest BCUT2D eigenvalue weighted by Crippen LogP contribution is 2.20. The molecule has 124 valence electrons. The summed E-state index contributed by atoms with van der Waals surface area (Å²) in [6.45, 7) is 9.25. The second-order valence-corrected chi connectivity index (χ2v) is 5.97. The molecule has 1 N–H and O–H groups in total. The SMILES string of the molecule is CCn1cc(CNC(=O)C(Oc2ccccc2C)C(C)C)cn1. The third-order valence-electron chi connectivity index (χ3n) is 3.69. The van der Waals surface area contributed by atoms with Gasteiger partial charge in [-0.05, 0) is 31.4 Å². The van der Waals surface area contributed by atoms with E-state index >= 15 is 0 Å². The van der Waals surface area contributed by atoms with Crippen LogP contribution in [0.3, 0.4) is 0 Å². The summed E-state index contributed by atoms with van der Waals surface area (Å²) in [5.74, 6) is 0.723. The topological polar surface area (TPSA) is 56.2 Å². The quantitative estimate of drug-likeness (QED) is 0.854. The predicted octanol–water partition coefficient (Wildman–Crippen LogP) is 2.93. The molecule has 1 amide bonds.